The van der Waals surface area contributed by atoms with Crippen molar-refractivity contribution in [3.05, 3.63) is 0 Å². The van der Waals surface area contributed by atoms with E-state index in [4.69, 9.17) is 0 Å². The van der Waals surface area contributed by atoms with Crippen molar-refractivity contribution < 1.29 is 0 Å². The Kier molecular flexibility index (Phi) is 4.26. The summed E-state index contributed by atoms with van der Waals surface area (Å²) >= 11 is 0. The molecule has 0 radical (unpaired) electrons. The Balaban J connectivity index is 1.47. The number of nitrogens with zero attached hydrogens (tertiary/aromatic N) is 2. The Morgan fingerprint density at radius 3 is 2.47 bits per heavy atom. The van der Waals surface area contributed by atoms with Crippen LogP contribution in [0.15, 0.2) is 4.99 Å². The van der Waals surface area contributed by atoms with Gasteiger partial charge < -0.3 is 10.6 Å². The summed E-state index contributed by atoms with van der Waals surface area (Å²) < 4.78 is 0. The summed E-state index contributed by atoms with van der Waals surface area (Å²) in [7, 11) is 0. The molecule has 4 nitrogen and oxygen atoms in total. The van der Waals surface area contributed by atoms with Crippen LogP contribution in [0, 0.1) is 0 Å². The predicted octanol–water partition coefficient (Wildman–Crippen LogP) is 1.72. The van der Waals surface area contributed by atoms with E-state index >= 15 is 0 Å². The molecule has 108 valence electrons. The van der Waals surface area contributed by atoms with Crippen molar-refractivity contribution in [3.8, 4) is 0 Å². The minimum Gasteiger partial charge on any atom is -0.354 e. The molecule has 0 aromatic carbocycles. The quantitative estimate of drug-likeness (QED) is 0.600. The molecule has 0 bridgehead atoms. The fourth-order valence-electron chi connectivity index (χ4n) is 3.41. The van der Waals surface area contributed by atoms with E-state index in [-0.39, 0.29) is 0 Å². The first-order valence-corrected chi connectivity index (χ1v) is 8.16. The molecule has 1 atom stereocenters. The molecule has 1 unspecified atom stereocenters. The molecule has 2 aliphatic carbocycles. The van der Waals surface area contributed by atoms with Crippen molar-refractivity contribution in [2.75, 3.05) is 19.6 Å². The molecule has 0 spiro atoms. The van der Waals surface area contributed by atoms with Crippen LogP contribution < -0.4 is 10.6 Å². The van der Waals surface area contributed by atoms with Crippen LogP contribution in [0.5, 0.6) is 0 Å². The second-order valence-electron chi connectivity index (χ2n) is 6.30. The van der Waals surface area contributed by atoms with E-state index < -0.39 is 0 Å². The van der Waals surface area contributed by atoms with Crippen LogP contribution >= 0.6 is 0 Å². The summed E-state index contributed by atoms with van der Waals surface area (Å²) in [6.07, 6.45) is 9.60. The van der Waals surface area contributed by atoms with Crippen molar-refractivity contribution >= 4 is 5.96 Å². The lowest BCUT2D eigenvalue weighted by Gasteiger charge is -2.24. The van der Waals surface area contributed by atoms with E-state index in [9.17, 15) is 0 Å². The van der Waals surface area contributed by atoms with Crippen LogP contribution in [-0.2, 0) is 0 Å². The van der Waals surface area contributed by atoms with Gasteiger partial charge in [0.15, 0.2) is 5.96 Å². The highest BCUT2D eigenvalue weighted by molar-refractivity contribution is 5.80. The predicted molar refractivity (Wildman–Crippen MR) is 79.5 cm³/mol. The smallest absolute Gasteiger partial charge is 0.191 e. The summed E-state index contributed by atoms with van der Waals surface area (Å²) in [6.45, 7) is 5.45. The molecule has 1 heterocycles. The van der Waals surface area contributed by atoms with E-state index in [1.54, 1.807) is 0 Å². The Morgan fingerprint density at radius 1 is 1.05 bits per heavy atom. The average Bonchev–Trinajstić information content (AvgIpc) is 2.91. The van der Waals surface area contributed by atoms with Gasteiger partial charge in [0.25, 0.3) is 0 Å². The van der Waals surface area contributed by atoms with Gasteiger partial charge in [-0.3, -0.25) is 9.89 Å². The third kappa shape index (κ3) is 3.62. The third-order valence-corrected chi connectivity index (χ3v) is 4.64. The van der Waals surface area contributed by atoms with Crippen LogP contribution in [0.4, 0.5) is 0 Å². The average molecular weight is 264 g/mol. The molecule has 3 fully saturated rings. The SMILES string of the molecule is CCN=C(NC1CC1)NC1CCN(C2CCCC2)C1. The van der Waals surface area contributed by atoms with E-state index in [1.807, 2.05) is 0 Å². The minimum atomic E-state index is 0.595. The lowest BCUT2D eigenvalue weighted by Crippen LogP contribution is -2.46. The second kappa shape index (κ2) is 6.12. The highest BCUT2D eigenvalue weighted by atomic mass is 15.3. The number of nitrogens with one attached hydrogen (secondary N) is 2. The number of likely N-dealkylation sites (tertiary alicyclic amines) is 1. The Morgan fingerprint density at radius 2 is 1.79 bits per heavy atom. The highest BCUT2D eigenvalue weighted by Crippen LogP contribution is 2.26. The lowest BCUT2D eigenvalue weighted by atomic mass is 10.2. The standard InChI is InChI=1S/C15H28N4/c1-2-16-15(17-12-7-8-12)18-13-9-10-19(11-13)14-5-3-4-6-14/h12-14H,2-11H2,1H3,(H2,16,17,18). The number of hydrogen-bond acceptors (Lipinski definition) is 2. The Bertz CT molecular complexity index is 318. The Hall–Kier alpha value is -0.770. The maximum atomic E-state index is 4.57. The van der Waals surface area contributed by atoms with Crippen LogP contribution in [-0.4, -0.2) is 48.6 Å². The molecule has 2 saturated carbocycles. The van der Waals surface area contributed by atoms with Gasteiger partial charge in [0, 0.05) is 37.8 Å². The van der Waals surface area contributed by atoms with Gasteiger partial charge in [0.1, 0.15) is 0 Å². The first kappa shape index (κ1) is 13.2. The van der Waals surface area contributed by atoms with Crippen molar-refractivity contribution in [3.63, 3.8) is 0 Å². The van der Waals surface area contributed by atoms with Crippen LogP contribution in [0.2, 0.25) is 0 Å². The number of guanidine groups is 1. The molecule has 3 rings (SSSR count). The molecule has 0 aromatic heterocycles. The molecule has 3 aliphatic rings. The zero-order valence-electron chi connectivity index (χ0n) is 12.2. The number of hydrogen-bond donors (Lipinski definition) is 2. The van der Waals surface area contributed by atoms with Crippen molar-refractivity contribution in [1.29, 1.82) is 0 Å². The van der Waals surface area contributed by atoms with E-state index in [1.165, 1.54) is 58.0 Å². The summed E-state index contributed by atoms with van der Waals surface area (Å²) in [5.74, 6) is 1.04. The van der Waals surface area contributed by atoms with Gasteiger partial charge in [-0.15, -0.1) is 0 Å². The van der Waals surface area contributed by atoms with Gasteiger partial charge in [0.2, 0.25) is 0 Å². The molecule has 1 saturated heterocycles. The number of aliphatic imine (C=N–C) groups is 1. The van der Waals surface area contributed by atoms with Crippen molar-refractivity contribution in [1.82, 2.24) is 15.5 Å². The molecule has 2 N–H and O–H groups in total. The highest BCUT2D eigenvalue weighted by Gasteiger charge is 2.31. The molecule has 1 aliphatic heterocycles. The summed E-state index contributed by atoms with van der Waals surface area (Å²) in [4.78, 5) is 7.27. The number of rotatable bonds is 4. The lowest BCUT2D eigenvalue weighted by molar-refractivity contribution is 0.242. The molecule has 0 aromatic rings. The summed E-state index contributed by atoms with van der Waals surface area (Å²) in [5, 5.41) is 7.16. The second-order valence-corrected chi connectivity index (χ2v) is 6.30. The first-order chi connectivity index (χ1) is 9.35. The van der Waals surface area contributed by atoms with Crippen molar-refractivity contribution in [2.45, 2.75) is 70.0 Å². The van der Waals surface area contributed by atoms with Gasteiger partial charge in [-0.1, -0.05) is 12.8 Å². The van der Waals surface area contributed by atoms with Gasteiger partial charge >= 0.3 is 0 Å². The molecular weight excluding hydrogens is 236 g/mol. The van der Waals surface area contributed by atoms with E-state index in [0.717, 1.165) is 18.5 Å². The zero-order valence-corrected chi connectivity index (χ0v) is 12.2. The molecule has 19 heavy (non-hydrogen) atoms. The summed E-state index contributed by atoms with van der Waals surface area (Å²) in [6, 6.07) is 2.15. The molecular formula is C15H28N4. The normalized spacial score (nSPS) is 29.9. The summed E-state index contributed by atoms with van der Waals surface area (Å²) in [5.41, 5.74) is 0. The van der Waals surface area contributed by atoms with Gasteiger partial charge in [0.05, 0.1) is 0 Å². The van der Waals surface area contributed by atoms with Crippen LogP contribution in [0.25, 0.3) is 0 Å². The first-order valence-electron chi connectivity index (χ1n) is 8.16. The monoisotopic (exact) mass is 264 g/mol. The fourth-order valence-corrected chi connectivity index (χ4v) is 3.41. The minimum absolute atomic E-state index is 0.595. The third-order valence-electron chi connectivity index (χ3n) is 4.64. The van der Waals surface area contributed by atoms with Crippen LogP contribution in [0.1, 0.15) is 51.9 Å². The van der Waals surface area contributed by atoms with E-state index in [2.05, 4.69) is 27.4 Å². The van der Waals surface area contributed by atoms with Gasteiger partial charge in [-0.2, -0.15) is 0 Å². The zero-order chi connectivity index (χ0) is 13.1. The van der Waals surface area contributed by atoms with Gasteiger partial charge in [-0.25, -0.2) is 0 Å². The molecule has 4 heteroatoms. The largest absolute Gasteiger partial charge is 0.354 e. The van der Waals surface area contributed by atoms with Crippen molar-refractivity contribution in [2.24, 2.45) is 4.99 Å². The van der Waals surface area contributed by atoms with E-state index in [0.29, 0.717) is 12.1 Å². The van der Waals surface area contributed by atoms with Gasteiger partial charge in [-0.05, 0) is 39.0 Å². The van der Waals surface area contributed by atoms with Crippen LogP contribution in [0.3, 0.4) is 0 Å². The maximum Gasteiger partial charge on any atom is 0.191 e. The fraction of sp³-hybridized carbons (Fsp3) is 0.933. The Labute approximate surface area is 117 Å². The maximum absolute atomic E-state index is 4.57. The molecule has 0 amide bonds. The topological polar surface area (TPSA) is 39.7 Å².